The molecule has 0 saturated carbocycles. The minimum absolute atomic E-state index is 0.0370. The Labute approximate surface area is 154 Å². The molecule has 0 fully saturated rings. The Bertz CT molecular complexity index is 1050. The predicted molar refractivity (Wildman–Crippen MR) is 100.0 cm³/mol. The van der Waals surface area contributed by atoms with Crippen LogP contribution in [0, 0.1) is 0 Å². The molecule has 8 nitrogen and oxygen atoms in total. The number of carbonyl (C=O) groups excluding carboxylic acids is 1. The van der Waals surface area contributed by atoms with Crippen molar-refractivity contribution in [3.05, 3.63) is 80.2 Å². The lowest BCUT2D eigenvalue weighted by Gasteiger charge is -2.28. The zero-order valence-electron chi connectivity index (χ0n) is 14.9. The number of hydrogen-bond acceptors (Lipinski definition) is 6. The van der Waals surface area contributed by atoms with Crippen LogP contribution >= 0.6 is 0 Å². The maximum absolute atomic E-state index is 12.7. The number of hydrogen-bond donors (Lipinski definition) is 3. The topological polar surface area (TPSA) is 113 Å². The number of anilines is 1. The van der Waals surface area contributed by atoms with E-state index in [4.69, 9.17) is 9.47 Å². The monoisotopic (exact) mass is 369 g/mol. The molecule has 1 aliphatic heterocycles. The van der Waals surface area contributed by atoms with Gasteiger partial charge in [0.1, 0.15) is 18.2 Å². The number of allylic oxidation sites excluding steroid dienone is 1. The van der Waals surface area contributed by atoms with Gasteiger partial charge in [0.25, 0.3) is 5.56 Å². The molecule has 0 spiro atoms. The number of aromatic amines is 2. The summed E-state index contributed by atoms with van der Waals surface area (Å²) in [7, 11) is 1.53. The summed E-state index contributed by atoms with van der Waals surface area (Å²) in [5, 5.41) is 2.92. The summed E-state index contributed by atoms with van der Waals surface area (Å²) in [5.41, 5.74) is 0.399. The molecule has 1 aromatic heterocycles. The number of fused-ring (bicyclic) bond motifs is 1. The molecule has 3 rings (SSSR count). The van der Waals surface area contributed by atoms with Crippen molar-refractivity contribution in [1.82, 2.24) is 9.97 Å². The van der Waals surface area contributed by atoms with Crippen LogP contribution in [0.4, 0.5) is 5.82 Å². The maximum Gasteiger partial charge on any atom is 0.337 e. The fraction of sp³-hybridized carbons (Fsp3) is 0.211. The molecule has 27 heavy (non-hydrogen) atoms. The first kappa shape index (κ1) is 18.2. The number of aromatic nitrogens is 2. The molecule has 1 atom stereocenters. The van der Waals surface area contributed by atoms with Gasteiger partial charge in [-0.1, -0.05) is 24.8 Å². The first-order chi connectivity index (χ1) is 13.0. The number of H-pyrrole nitrogens is 2. The summed E-state index contributed by atoms with van der Waals surface area (Å²) >= 11 is 0. The van der Waals surface area contributed by atoms with Gasteiger partial charge in [-0.3, -0.25) is 14.8 Å². The Morgan fingerprint density at radius 3 is 2.78 bits per heavy atom. The third kappa shape index (κ3) is 3.41. The predicted octanol–water partition coefficient (Wildman–Crippen LogP) is 1.63. The normalized spacial score (nSPS) is 15.6. The van der Waals surface area contributed by atoms with Gasteiger partial charge >= 0.3 is 11.7 Å². The van der Waals surface area contributed by atoms with Crippen LogP contribution in [0.15, 0.2) is 57.8 Å². The van der Waals surface area contributed by atoms with Crippen LogP contribution in [0.25, 0.3) is 0 Å². The van der Waals surface area contributed by atoms with Crippen molar-refractivity contribution in [2.45, 2.75) is 12.8 Å². The van der Waals surface area contributed by atoms with E-state index in [1.165, 1.54) is 13.2 Å². The van der Waals surface area contributed by atoms with E-state index in [0.717, 1.165) is 0 Å². The van der Waals surface area contributed by atoms with Gasteiger partial charge in [0.15, 0.2) is 0 Å². The zero-order valence-corrected chi connectivity index (χ0v) is 14.9. The Kier molecular flexibility index (Phi) is 4.98. The fourth-order valence-electron chi connectivity index (χ4n) is 3.12. The standard InChI is InChI=1S/C19H19N3O5/c1-4-8-27-18(24)13-10(2)20-16-15(17(23)22-19(25)21-16)14(13)11-6-5-7-12(9-11)26-3/h4-7,9,14H,1,8H2,2-3H3,(H3,20,21,22,23,25)/t14-/m0/s1. The Hall–Kier alpha value is -3.55. The Balaban J connectivity index is 2.25. The highest BCUT2D eigenvalue weighted by Crippen LogP contribution is 2.40. The lowest BCUT2D eigenvalue weighted by molar-refractivity contribution is -0.138. The van der Waals surface area contributed by atoms with E-state index in [-0.39, 0.29) is 23.6 Å². The zero-order chi connectivity index (χ0) is 19.6. The molecule has 0 unspecified atom stereocenters. The molecule has 0 amide bonds. The fourth-order valence-corrected chi connectivity index (χ4v) is 3.12. The molecule has 1 aliphatic rings. The van der Waals surface area contributed by atoms with E-state index in [9.17, 15) is 14.4 Å². The van der Waals surface area contributed by atoms with Gasteiger partial charge in [0, 0.05) is 5.70 Å². The molecule has 0 saturated heterocycles. The quantitative estimate of drug-likeness (QED) is 0.545. The SMILES string of the molecule is C=CCOC(=O)C1=C(C)Nc2[nH]c(=O)[nH]c(=O)c2[C@H]1c1cccc(OC)c1. The number of nitrogens with one attached hydrogen (secondary N) is 3. The van der Waals surface area contributed by atoms with Crippen LogP contribution in [0.2, 0.25) is 0 Å². The molecule has 140 valence electrons. The van der Waals surface area contributed by atoms with E-state index in [0.29, 0.717) is 17.0 Å². The largest absolute Gasteiger partial charge is 0.497 e. The van der Waals surface area contributed by atoms with E-state index in [1.54, 1.807) is 31.2 Å². The lowest BCUT2D eigenvalue weighted by Crippen LogP contribution is -2.35. The summed E-state index contributed by atoms with van der Waals surface area (Å²) in [5.74, 6) is -0.502. The van der Waals surface area contributed by atoms with Crippen LogP contribution in [0.1, 0.15) is 24.0 Å². The van der Waals surface area contributed by atoms with E-state index < -0.39 is 23.1 Å². The smallest absolute Gasteiger partial charge is 0.337 e. The van der Waals surface area contributed by atoms with Crippen molar-refractivity contribution < 1.29 is 14.3 Å². The van der Waals surface area contributed by atoms with Gasteiger partial charge in [0.05, 0.1) is 24.2 Å². The third-order valence-corrected chi connectivity index (χ3v) is 4.25. The van der Waals surface area contributed by atoms with Gasteiger partial charge < -0.3 is 14.8 Å². The van der Waals surface area contributed by atoms with Crippen molar-refractivity contribution in [1.29, 1.82) is 0 Å². The second-order valence-corrected chi connectivity index (χ2v) is 5.96. The van der Waals surface area contributed by atoms with Crippen LogP contribution in [-0.4, -0.2) is 29.7 Å². The van der Waals surface area contributed by atoms with Gasteiger partial charge in [-0.15, -0.1) is 0 Å². The molecule has 0 bridgehead atoms. The molecule has 3 N–H and O–H groups in total. The van der Waals surface area contributed by atoms with Gasteiger partial charge in [-0.05, 0) is 24.6 Å². The molecule has 0 radical (unpaired) electrons. The Morgan fingerprint density at radius 1 is 1.30 bits per heavy atom. The number of rotatable bonds is 5. The van der Waals surface area contributed by atoms with Crippen LogP contribution < -0.4 is 21.3 Å². The van der Waals surface area contributed by atoms with Crippen molar-refractivity contribution >= 4 is 11.8 Å². The van der Waals surface area contributed by atoms with Gasteiger partial charge in [-0.25, -0.2) is 9.59 Å². The maximum atomic E-state index is 12.7. The van der Waals surface area contributed by atoms with E-state index in [2.05, 4.69) is 21.9 Å². The van der Waals surface area contributed by atoms with E-state index in [1.807, 2.05) is 0 Å². The molecular weight excluding hydrogens is 350 g/mol. The molecule has 0 aliphatic carbocycles. The summed E-state index contributed by atoms with van der Waals surface area (Å²) in [6.45, 7) is 5.25. The van der Waals surface area contributed by atoms with Crippen LogP contribution in [-0.2, 0) is 9.53 Å². The first-order valence-corrected chi connectivity index (χ1v) is 8.22. The Morgan fingerprint density at radius 2 is 2.07 bits per heavy atom. The van der Waals surface area contributed by atoms with E-state index >= 15 is 0 Å². The number of ether oxygens (including phenoxy) is 2. The van der Waals surface area contributed by atoms with Gasteiger partial charge in [-0.2, -0.15) is 0 Å². The molecule has 8 heteroatoms. The minimum Gasteiger partial charge on any atom is -0.497 e. The number of benzene rings is 1. The van der Waals surface area contributed by atoms with Gasteiger partial charge in [0.2, 0.25) is 0 Å². The highest BCUT2D eigenvalue weighted by molar-refractivity contribution is 5.94. The second kappa shape index (κ2) is 7.36. The van der Waals surface area contributed by atoms with Crippen molar-refractivity contribution in [2.24, 2.45) is 0 Å². The van der Waals surface area contributed by atoms with Crippen molar-refractivity contribution in [3.8, 4) is 5.75 Å². The average molecular weight is 369 g/mol. The summed E-state index contributed by atoms with van der Waals surface area (Å²) in [6.07, 6.45) is 1.46. The molecule has 2 heterocycles. The highest BCUT2D eigenvalue weighted by atomic mass is 16.5. The number of esters is 1. The summed E-state index contributed by atoms with van der Waals surface area (Å²) in [6, 6.07) is 7.03. The van der Waals surface area contributed by atoms with Crippen molar-refractivity contribution in [2.75, 3.05) is 19.0 Å². The average Bonchev–Trinajstić information content (AvgIpc) is 2.64. The lowest BCUT2D eigenvalue weighted by atomic mass is 9.82. The minimum atomic E-state index is -0.741. The number of carbonyl (C=O) groups is 1. The molecule has 1 aromatic carbocycles. The second-order valence-electron chi connectivity index (χ2n) is 5.96. The first-order valence-electron chi connectivity index (χ1n) is 8.22. The van der Waals surface area contributed by atoms with Crippen LogP contribution in [0.5, 0.6) is 5.75 Å². The summed E-state index contributed by atoms with van der Waals surface area (Å²) < 4.78 is 10.5. The number of methoxy groups -OCH3 is 1. The summed E-state index contributed by atoms with van der Waals surface area (Å²) in [4.78, 5) is 41.8. The molecular formula is C19H19N3O5. The highest BCUT2D eigenvalue weighted by Gasteiger charge is 2.36. The third-order valence-electron chi connectivity index (χ3n) is 4.25. The van der Waals surface area contributed by atoms with Crippen LogP contribution in [0.3, 0.4) is 0 Å². The molecule has 2 aromatic rings. The van der Waals surface area contributed by atoms with Crippen molar-refractivity contribution in [3.63, 3.8) is 0 Å².